The first-order valence-corrected chi connectivity index (χ1v) is 6.86. The molecule has 4 heteroatoms. The van der Waals surface area contributed by atoms with Crippen molar-refractivity contribution in [1.29, 1.82) is 0 Å². The maximum atomic E-state index is 11.9. The van der Waals surface area contributed by atoms with Crippen LogP contribution < -0.4 is 11.1 Å². The normalized spacial score (nSPS) is 18.8. The number of carbonyl (C=O) groups is 1. The third-order valence-electron chi connectivity index (χ3n) is 3.71. The summed E-state index contributed by atoms with van der Waals surface area (Å²) in [4.78, 5) is 13.8. The van der Waals surface area contributed by atoms with Crippen LogP contribution in [0.3, 0.4) is 0 Å². The fourth-order valence-corrected chi connectivity index (χ4v) is 2.97. The summed E-state index contributed by atoms with van der Waals surface area (Å²) >= 11 is 0. The highest BCUT2D eigenvalue weighted by Crippen LogP contribution is 2.27. The molecule has 0 spiro atoms. The third kappa shape index (κ3) is 2.89. The number of benzene rings is 1. The lowest BCUT2D eigenvalue weighted by atomic mass is 9.94. The van der Waals surface area contributed by atoms with Crippen molar-refractivity contribution >= 4 is 6.03 Å². The number of hydrogen-bond acceptors (Lipinski definition) is 2. The minimum Gasteiger partial charge on any atom is -0.330 e. The Morgan fingerprint density at radius 3 is 2.53 bits per heavy atom. The average Bonchev–Trinajstić information content (AvgIpc) is 2.66. The smallest absolute Gasteiger partial charge is 0.318 e. The lowest BCUT2D eigenvalue weighted by Crippen LogP contribution is -2.30. The van der Waals surface area contributed by atoms with Crippen LogP contribution in [-0.4, -0.2) is 30.6 Å². The molecule has 1 aliphatic heterocycles. The Bertz CT molecular complexity index is 461. The molecule has 3 N–H and O–H groups in total. The van der Waals surface area contributed by atoms with Crippen molar-refractivity contribution in [1.82, 2.24) is 10.2 Å². The number of nitrogens with one attached hydrogen (secondary N) is 1. The van der Waals surface area contributed by atoms with Crippen molar-refractivity contribution < 1.29 is 4.79 Å². The molecule has 1 saturated heterocycles. The molecule has 2 rings (SSSR count). The monoisotopic (exact) mass is 261 g/mol. The second kappa shape index (κ2) is 5.61. The first kappa shape index (κ1) is 13.9. The van der Waals surface area contributed by atoms with Gasteiger partial charge < -0.3 is 16.0 Å². The van der Waals surface area contributed by atoms with E-state index in [0.29, 0.717) is 6.54 Å². The number of carbonyl (C=O) groups excluding carboxylic acids is 1. The molecule has 0 aliphatic carbocycles. The van der Waals surface area contributed by atoms with E-state index >= 15 is 0 Å². The molecule has 104 valence electrons. The van der Waals surface area contributed by atoms with Crippen molar-refractivity contribution in [2.75, 3.05) is 19.6 Å². The number of hydrogen-bond donors (Lipinski definition) is 2. The van der Waals surface area contributed by atoms with Gasteiger partial charge in [-0.25, -0.2) is 4.79 Å². The van der Waals surface area contributed by atoms with Gasteiger partial charge in [-0.1, -0.05) is 17.7 Å². The van der Waals surface area contributed by atoms with Gasteiger partial charge in [-0.2, -0.15) is 0 Å². The van der Waals surface area contributed by atoms with Crippen LogP contribution in [0.15, 0.2) is 12.1 Å². The Morgan fingerprint density at radius 1 is 1.32 bits per heavy atom. The van der Waals surface area contributed by atoms with Crippen LogP contribution in [0.2, 0.25) is 0 Å². The van der Waals surface area contributed by atoms with Crippen LogP contribution in [0.25, 0.3) is 0 Å². The molecule has 2 amide bonds. The van der Waals surface area contributed by atoms with Gasteiger partial charge >= 0.3 is 6.03 Å². The highest BCUT2D eigenvalue weighted by atomic mass is 16.2. The number of amides is 2. The molecule has 1 heterocycles. The van der Waals surface area contributed by atoms with Gasteiger partial charge in [-0.3, -0.25) is 0 Å². The van der Waals surface area contributed by atoms with E-state index in [4.69, 9.17) is 5.73 Å². The molecule has 1 aliphatic rings. The Kier molecular flexibility index (Phi) is 4.10. The highest BCUT2D eigenvalue weighted by Gasteiger charge is 2.30. The summed E-state index contributed by atoms with van der Waals surface area (Å²) in [5, 5.41) is 3.08. The molecule has 1 aromatic rings. The van der Waals surface area contributed by atoms with E-state index in [1.807, 2.05) is 4.90 Å². The molecule has 1 unspecified atom stereocenters. The molecule has 0 bridgehead atoms. The van der Waals surface area contributed by atoms with Crippen molar-refractivity contribution in [3.05, 3.63) is 34.4 Å². The fraction of sp³-hybridized carbons (Fsp3) is 0.533. The summed E-state index contributed by atoms with van der Waals surface area (Å²) in [5.74, 6) is 0. The fourth-order valence-electron chi connectivity index (χ4n) is 2.97. The summed E-state index contributed by atoms with van der Waals surface area (Å²) < 4.78 is 0. The van der Waals surface area contributed by atoms with E-state index in [1.165, 1.54) is 22.3 Å². The molecule has 0 radical (unpaired) electrons. The Morgan fingerprint density at radius 2 is 1.95 bits per heavy atom. The SMILES string of the molecule is Cc1cc(C)c(C2CN(CCCN)C(=O)N2)c(C)c1. The molecule has 4 nitrogen and oxygen atoms in total. The standard InChI is InChI=1S/C15H23N3O/c1-10-7-11(2)14(12(3)8-10)13-9-18(6-4-5-16)15(19)17-13/h7-8,13H,4-6,9,16H2,1-3H3,(H,17,19). The number of aryl methyl sites for hydroxylation is 3. The van der Waals surface area contributed by atoms with Gasteiger partial charge in [0.1, 0.15) is 0 Å². The molecule has 1 aromatic carbocycles. The van der Waals surface area contributed by atoms with Gasteiger partial charge in [0.25, 0.3) is 0 Å². The predicted octanol–water partition coefficient (Wildman–Crippen LogP) is 2.03. The molecule has 19 heavy (non-hydrogen) atoms. The van der Waals surface area contributed by atoms with Crippen molar-refractivity contribution in [3.8, 4) is 0 Å². The summed E-state index contributed by atoms with van der Waals surface area (Å²) in [6.07, 6.45) is 0.853. The average molecular weight is 261 g/mol. The summed E-state index contributed by atoms with van der Waals surface area (Å²) in [6, 6.07) is 4.48. The second-order valence-electron chi connectivity index (χ2n) is 5.40. The van der Waals surface area contributed by atoms with Crippen LogP contribution in [0, 0.1) is 20.8 Å². The van der Waals surface area contributed by atoms with E-state index in [-0.39, 0.29) is 12.1 Å². The van der Waals surface area contributed by atoms with Crippen molar-refractivity contribution in [2.45, 2.75) is 33.2 Å². The zero-order valence-corrected chi connectivity index (χ0v) is 12.0. The number of nitrogens with zero attached hydrogens (tertiary/aromatic N) is 1. The van der Waals surface area contributed by atoms with Gasteiger partial charge in [0.2, 0.25) is 0 Å². The topological polar surface area (TPSA) is 58.4 Å². The van der Waals surface area contributed by atoms with Gasteiger partial charge in [0.15, 0.2) is 0 Å². The molecular weight excluding hydrogens is 238 g/mol. The Hall–Kier alpha value is -1.55. The lowest BCUT2D eigenvalue weighted by Gasteiger charge is -2.18. The second-order valence-corrected chi connectivity index (χ2v) is 5.40. The maximum absolute atomic E-state index is 11.9. The number of rotatable bonds is 4. The van der Waals surface area contributed by atoms with Crippen molar-refractivity contribution in [3.63, 3.8) is 0 Å². The molecule has 1 fully saturated rings. The number of nitrogens with two attached hydrogens (primary N) is 1. The summed E-state index contributed by atoms with van der Waals surface area (Å²) in [6.45, 7) is 8.43. The first-order chi connectivity index (χ1) is 9.02. The van der Waals surface area contributed by atoms with Crippen LogP contribution in [0.5, 0.6) is 0 Å². The van der Waals surface area contributed by atoms with E-state index in [1.54, 1.807) is 0 Å². The summed E-state index contributed by atoms with van der Waals surface area (Å²) in [5.41, 5.74) is 10.5. The minimum absolute atomic E-state index is 0.0258. The predicted molar refractivity (Wildman–Crippen MR) is 77.2 cm³/mol. The van der Waals surface area contributed by atoms with E-state index in [9.17, 15) is 4.79 Å². The highest BCUT2D eigenvalue weighted by molar-refractivity contribution is 5.77. The molecule has 0 aromatic heterocycles. The zero-order chi connectivity index (χ0) is 14.0. The first-order valence-electron chi connectivity index (χ1n) is 6.86. The van der Waals surface area contributed by atoms with Crippen LogP contribution in [0.4, 0.5) is 4.79 Å². The largest absolute Gasteiger partial charge is 0.330 e. The van der Waals surface area contributed by atoms with Gasteiger partial charge in [-0.15, -0.1) is 0 Å². The Balaban J connectivity index is 2.18. The van der Waals surface area contributed by atoms with Crippen LogP contribution in [-0.2, 0) is 0 Å². The quantitative estimate of drug-likeness (QED) is 0.871. The van der Waals surface area contributed by atoms with Gasteiger partial charge in [0.05, 0.1) is 6.04 Å². The molecule has 1 atom stereocenters. The number of urea groups is 1. The molecule has 0 saturated carbocycles. The minimum atomic E-state index is 0.0258. The molecular formula is C15H23N3O. The third-order valence-corrected chi connectivity index (χ3v) is 3.71. The van der Waals surface area contributed by atoms with Gasteiger partial charge in [0, 0.05) is 13.1 Å². The lowest BCUT2D eigenvalue weighted by molar-refractivity contribution is 0.217. The van der Waals surface area contributed by atoms with E-state index in [0.717, 1.165) is 19.5 Å². The van der Waals surface area contributed by atoms with Crippen LogP contribution in [0.1, 0.15) is 34.7 Å². The van der Waals surface area contributed by atoms with Crippen molar-refractivity contribution in [2.24, 2.45) is 5.73 Å². The zero-order valence-electron chi connectivity index (χ0n) is 12.0. The van der Waals surface area contributed by atoms with Crippen LogP contribution >= 0.6 is 0 Å². The Labute approximate surface area is 115 Å². The van der Waals surface area contributed by atoms with E-state index < -0.39 is 0 Å². The van der Waals surface area contributed by atoms with Gasteiger partial charge in [-0.05, 0) is 50.4 Å². The maximum Gasteiger partial charge on any atom is 0.318 e. The van der Waals surface area contributed by atoms with E-state index in [2.05, 4.69) is 38.2 Å². The summed E-state index contributed by atoms with van der Waals surface area (Å²) in [7, 11) is 0.